The molecule has 4 aliphatic carbocycles. The van der Waals surface area contributed by atoms with E-state index in [0.29, 0.717) is 55.8 Å². The SMILES string of the molecule is CCC1CC(CC2CCC(NC(=O)C3CC(C(=O)OC)CCC3C(=O)O)C(CC)C2)CCC1NOCC1CC(C(=O)OC)CCC1C(=O)O. The monoisotopic (exact) mass is 692 g/mol. The quantitative estimate of drug-likeness (QED) is 0.143. The third-order valence-corrected chi connectivity index (χ3v) is 12.6. The van der Waals surface area contributed by atoms with E-state index in [-0.39, 0.29) is 54.8 Å². The van der Waals surface area contributed by atoms with E-state index in [0.717, 1.165) is 57.8 Å². The minimum absolute atomic E-state index is 0.00922. The highest BCUT2D eigenvalue weighted by Crippen LogP contribution is 2.42. The number of esters is 2. The van der Waals surface area contributed by atoms with Gasteiger partial charge in [-0.05, 0) is 113 Å². The first-order chi connectivity index (χ1) is 23.5. The van der Waals surface area contributed by atoms with Crippen LogP contribution in [0, 0.1) is 59.2 Å². The lowest BCUT2D eigenvalue weighted by atomic mass is 9.69. The van der Waals surface area contributed by atoms with Gasteiger partial charge in [-0.3, -0.25) is 24.0 Å². The van der Waals surface area contributed by atoms with Crippen LogP contribution >= 0.6 is 0 Å². The number of carboxylic acid groups (broad SMARTS) is 2. The van der Waals surface area contributed by atoms with Crippen LogP contribution in [0.4, 0.5) is 0 Å². The molecule has 0 aromatic rings. The first-order valence-electron chi connectivity index (χ1n) is 18.8. The maximum atomic E-state index is 13.5. The van der Waals surface area contributed by atoms with Gasteiger partial charge in [0.05, 0.1) is 50.4 Å². The minimum Gasteiger partial charge on any atom is -0.481 e. The second kappa shape index (κ2) is 18.5. The molecule has 278 valence electrons. The maximum absolute atomic E-state index is 13.5. The van der Waals surface area contributed by atoms with Gasteiger partial charge in [0.1, 0.15) is 0 Å². The zero-order valence-corrected chi connectivity index (χ0v) is 29.9. The predicted octanol–water partition coefficient (Wildman–Crippen LogP) is 4.98. The van der Waals surface area contributed by atoms with E-state index in [4.69, 9.17) is 14.3 Å². The standard InChI is InChI=1S/C37H60N2O10/c1-5-23-16-21(7-13-31(23)38-33(40)30-19-26(37(46)48-4)10-12-29(30)35(43)44)15-22-8-14-32(24(6-2)17-22)39-49-20-27-18-25(36(45)47-3)9-11-28(27)34(41)42/h21-32,39H,5-20H2,1-4H3,(H,38,40)(H,41,42)(H,43,44). The molecular weight excluding hydrogens is 632 g/mol. The summed E-state index contributed by atoms with van der Waals surface area (Å²) in [6.07, 6.45) is 11.6. The first kappa shape index (κ1) is 39.1. The van der Waals surface area contributed by atoms with E-state index in [1.54, 1.807) is 0 Å². The van der Waals surface area contributed by atoms with Crippen molar-refractivity contribution in [2.45, 2.75) is 122 Å². The van der Waals surface area contributed by atoms with Crippen molar-refractivity contribution in [2.24, 2.45) is 59.2 Å². The Morgan fingerprint density at radius 3 is 1.69 bits per heavy atom. The summed E-state index contributed by atoms with van der Waals surface area (Å²) in [5.41, 5.74) is 3.29. The highest BCUT2D eigenvalue weighted by atomic mass is 16.6. The van der Waals surface area contributed by atoms with Crippen LogP contribution in [0.15, 0.2) is 0 Å². The van der Waals surface area contributed by atoms with Crippen molar-refractivity contribution in [3.63, 3.8) is 0 Å². The maximum Gasteiger partial charge on any atom is 0.308 e. The number of rotatable bonds is 14. The molecule has 4 saturated carbocycles. The van der Waals surface area contributed by atoms with Gasteiger partial charge >= 0.3 is 23.9 Å². The molecule has 0 bridgehead atoms. The summed E-state index contributed by atoms with van der Waals surface area (Å²) in [7, 11) is 2.70. The third-order valence-electron chi connectivity index (χ3n) is 12.6. The lowest BCUT2D eigenvalue weighted by Crippen LogP contribution is -2.49. The highest BCUT2D eigenvalue weighted by molar-refractivity contribution is 5.86. The van der Waals surface area contributed by atoms with Gasteiger partial charge in [-0.25, -0.2) is 0 Å². The summed E-state index contributed by atoms with van der Waals surface area (Å²) in [5.74, 6) is -3.77. The van der Waals surface area contributed by atoms with Crippen LogP contribution < -0.4 is 10.8 Å². The topological polar surface area (TPSA) is 178 Å². The number of nitrogens with one attached hydrogen (secondary N) is 2. The smallest absolute Gasteiger partial charge is 0.308 e. The second-order valence-electron chi connectivity index (χ2n) is 15.4. The molecule has 0 aromatic carbocycles. The molecule has 0 heterocycles. The lowest BCUT2D eigenvalue weighted by Gasteiger charge is -2.41. The predicted molar refractivity (Wildman–Crippen MR) is 180 cm³/mol. The highest BCUT2D eigenvalue weighted by Gasteiger charge is 2.44. The molecule has 4 N–H and O–H groups in total. The largest absolute Gasteiger partial charge is 0.481 e. The number of carbonyl (C=O) groups is 5. The summed E-state index contributed by atoms with van der Waals surface area (Å²) in [4.78, 5) is 67.6. The molecule has 12 heteroatoms. The van der Waals surface area contributed by atoms with E-state index < -0.39 is 35.6 Å². The van der Waals surface area contributed by atoms with Gasteiger partial charge in [0.2, 0.25) is 5.91 Å². The summed E-state index contributed by atoms with van der Waals surface area (Å²) in [5, 5.41) is 22.8. The van der Waals surface area contributed by atoms with Gasteiger partial charge in [-0.1, -0.05) is 26.7 Å². The number of hydroxylamine groups is 1. The first-order valence-corrected chi connectivity index (χ1v) is 18.8. The average Bonchev–Trinajstić information content (AvgIpc) is 3.11. The Labute approximate surface area is 291 Å². The molecule has 0 saturated heterocycles. The number of carbonyl (C=O) groups excluding carboxylic acids is 3. The number of amides is 1. The summed E-state index contributed by atoms with van der Waals surface area (Å²) in [6, 6.07) is 0.210. The second-order valence-corrected chi connectivity index (χ2v) is 15.4. The molecule has 0 spiro atoms. The molecule has 12 nitrogen and oxygen atoms in total. The van der Waals surface area contributed by atoms with E-state index in [2.05, 4.69) is 24.6 Å². The fourth-order valence-electron chi connectivity index (χ4n) is 9.71. The Morgan fingerprint density at radius 2 is 1.14 bits per heavy atom. The van der Waals surface area contributed by atoms with E-state index >= 15 is 0 Å². The van der Waals surface area contributed by atoms with Crippen molar-refractivity contribution in [3.8, 4) is 0 Å². The van der Waals surface area contributed by atoms with E-state index in [1.165, 1.54) is 14.2 Å². The molecule has 12 unspecified atom stereocenters. The lowest BCUT2D eigenvalue weighted by molar-refractivity contribution is -0.155. The summed E-state index contributed by atoms with van der Waals surface area (Å²) < 4.78 is 9.81. The normalized spacial score (nSPS) is 36.7. The van der Waals surface area contributed by atoms with E-state index in [1.807, 2.05) is 0 Å². The van der Waals surface area contributed by atoms with Gasteiger partial charge in [-0.15, -0.1) is 0 Å². The Hall–Kier alpha value is -2.73. The van der Waals surface area contributed by atoms with Crippen LogP contribution in [0.3, 0.4) is 0 Å². The van der Waals surface area contributed by atoms with Crippen molar-refractivity contribution in [1.29, 1.82) is 0 Å². The molecule has 0 aromatic heterocycles. The van der Waals surface area contributed by atoms with Crippen LogP contribution in [0.5, 0.6) is 0 Å². The van der Waals surface area contributed by atoms with Crippen LogP contribution in [0.2, 0.25) is 0 Å². The molecular formula is C37H60N2O10. The molecule has 0 radical (unpaired) electrons. The fourth-order valence-corrected chi connectivity index (χ4v) is 9.71. The van der Waals surface area contributed by atoms with Gasteiger partial charge in [0.25, 0.3) is 0 Å². The van der Waals surface area contributed by atoms with Crippen LogP contribution in [-0.2, 0) is 38.3 Å². The number of methoxy groups -OCH3 is 2. The van der Waals surface area contributed by atoms with Gasteiger partial charge < -0.3 is 29.8 Å². The van der Waals surface area contributed by atoms with Gasteiger partial charge in [0.15, 0.2) is 0 Å². The molecule has 4 rings (SSSR count). The Morgan fingerprint density at radius 1 is 0.612 bits per heavy atom. The number of carboxylic acids is 2. The zero-order chi connectivity index (χ0) is 35.7. The molecule has 49 heavy (non-hydrogen) atoms. The third kappa shape index (κ3) is 10.2. The van der Waals surface area contributed by atoms with Crippen molar-refractivity contribution in [1.82, 2.24) is 10.8 Å². The van der Waals surface area contributed by atoms with Crippen molar-refractivity contribution >= 4 is 29.8 Å². The number of hydrogen-bond acceptors (Lipinski definition) is 9. The minimum atomic E-state index is -0.981. The molecule has 12 atom stereocenters. The summed E-state index contributed by atoms with van der Waals surface area (Å²) >= 11 is 0. The number of hydrogen-bond donors (Lipinski definition) is 4. The summed E-state index contributed by atoms with van der Waals surface area (Å²) in [6.45, 7) is 4.62. The Balaban J connectivity index is 1.24. The molecule has 4 fully saturated rings. The van der Waals surface area contributed by atoms with Crippen molar-refractivity contribution in [3.05, 3.63) is 0 Å². The van der Waals surface area contributed by atoms with Gasteiger partial charge in [0, 0.05) is 12.1 Å². The molecule has 0 aliphatic heterocycles. The molecule has 4 aliphatic rings. The van der Waals surface area contributed by atoms with Gasteiger partial charge in [-0.2, -0.15) is 5.48 Å². The number of ether oxygens (including phenoxy) is 2. The Kier molecular flexibility index (Phi) is 14.7. The molecule has 1 amide bonds. The van der Waals surface area contributed by atoms with Crippen molar-refractivity contribution in [2.75, 3.05) is 20.8 Å². The Bertz CT molecular complexity index is 1150. The van der Waals surface area contributed by atoms with Crippen molar-refractivity contribution < 1.29 is 48.5 Å². The average molecular weight is 693 g/mol. The fraction of sp³-hybridized carbons (Fsp3) is 0.865. The van der Waals surface area contributed by atoms with E-state index in [9.17, 15) is 34.2 Å². The van der Waals surface area contributed by atoms with Crippen LogP contribution in [-0.4, -0.2) is 72.9 Å². The zero-order valence-electron chi connectivity index (χ0n) is 29.9. The van der Waals surface area contributed by atoms with Crippen LogP contribution in [0.1, 0.15) is 110 Å². The number of aliphatic carboxylic acids is 2. The van der Waals surface area contributed by atoms with Crippen LogP contribution in [0.25, 0.3) is 0 Å².